The van der Waals surface area contributed by atoms with Gasteiger partial charge in [-0.05, 0) is 32.6 Å². The minimum atomic E-state index is -2.23. The Morgan fingerprint density at radius 3 is 1.08 bits per heavy atom. The van der Waals surface area contributed by atoms with Crippen molar-refractivity contribution in [1.82, 2.24) is 47.9 Å². The maximum absolute atomic E-state index is 13.6. The van der Waals surface area contributed by atoms with Crippen molar-refractivity contribution in [2.75, 3.05) is 6.61 Å². The minimum Gasteiger partial charge on any atom is -0.481 e. The number of nitrogens with one attached hydrogen (secondary N) is 9. The molecule has 0 aliphatic rings. The summed E-state index contributed by atoms with van der Waals surface area (Å²) in [5, 5.41) is 77.1. The Morgan fingerprint density at radius 2 is 0.726 bits per heavy atom. The molecule has 33 heteroatoms. The zero-order valence-electron chi connectivity index (χ0n) is 40.1. The largest absolute Gasteiger partial charge is 0.481 e. The predicted molar refractivity (Wildman–Crippen MR) is 241 cm³/mol. The number of carbonyl (C=O) groups is 15. The van der Waals surface area contributed by atoms with Crippen LogP contribution in [-0.2, 0) is 71.9 Å². The number of carboxylic acids is 3. The van der Waals surface area contributed by atoms with Crippen LogP contribution in [0.1, 0.15) is 79.6 Å². The van der Waals surface area contributed by atoms with Gasteiger partial charge in [0.1, 0.15) is 54.4 Å². The second-order valence-corrected chi connectivity index (χ2v) is 16.6. The fourth-order valence-electron chi connectivity index (χ4n) is 6.18. The zero-order chi connectivity index (χ0) is 56.6. The molecule has 0 fully saturated rings. The van der Waals surface area contributed by atoms with Crippen LogP contribution in [0.15, 0.2) is 0 Å². The van der Waals surface area contributed by atoms with Crippen molar-refractivity contribution < 1.29 is 103 Å². The lowest BCUT2D eigenvalue weighted by molar-refractivity contribution is -0.143. The quantitative estimate of drug-likeness (QED) is 0.0285. The molecule has 0 spiro atoms. The molecule has 0 aromatic rings. The SMILES string of the molecule is CC(=O)N[C@H](C(=O)N[C@@H](CCC(N)=O)C(=O)N[C@@H](CC(=O)O)C(=O)N[C@@H](CO)C(=O)N[C@@H](CCC(=O)O)C(=O)N[C@@H](CC(=O)O)C(=O)N[C@@H](CC(N)=O)C(=O)N[C@H](C(=O)N[C@H](C(N)=O)C(C)C)[C@@H](C)O)[C@@H](C)O. The Kier molecular flexibility index (Phi) is 27.8. The molecule has 33 nitrogen and oxygen atoms in total. The van der Waals surface area contributed by atoms with Crippen LogP contribution in [0.2, 0.25) is 0 Å². The van der Waals surface area contributed by atoms with E-state index >= 15 is 0 Å². The normalized spacial score (nSPS) is 15.4. The van der Waals surface area contributed by atoms with Gasteiger partial charge in [-0.2, -0.15) is 0 Å². The van der Waals surface area contributed by atoms with Crippen molar-refractivity contribution in [2.45, 2.75) is 146 Å². The Balaban J connectivity index is 6.65. The molecule has 410 valence electrons. The molecule has 0 aliphatic carbocycles. The highest BCUT2D eigenvalue weighted by molar-refractivity contribution is 6.00. The smallest absolute Gasteiger partial charge is 0.305 e. The van der Waals surface area contributed by atoms with Crippen molar-refractivity contribution in [3.05, 3.63) is 0 Å². The fraction of sp³-hybridized carbons (Fsp3) is 0.625. The number of aliphatic hydroxyl groups is 3. The van der Waals surface area contributed by atoms with E-state index in [1.54, 1.807) is 0 Å². The van der Waals surface area contributed by atoms with E-state index in [0.29, 0.717) is 0 Å². The number of amides is 12. The number of hydrogen-bond acceptors (Lipinski definition) is 18. The summed E-state index contributed by atoms with van der Waals surface area (Å²) >= 11 is 0. The second-order valence-electron chi connectivity index (χ2n) is 16.6. The summed E-state index contributed by atoms with van der Waals surface area (Å²) in [6.07, 6.45) is -9.79. The molecule has 0 unspecified atom stereocenters. The van der Waals surface area contributed by atoms with Gasteiger partial charge in [-0.1, -0.05) is 13.8 Å². The van der Waals surface area contributed by atoms with Crippen LogP contribution in [0.5, 0.6) is 0 Å². The summed E-state index contributed by atoms with van der Waals surface area (Å²) < 4.78 is 0. The van der Waals surface area contributed by atoms with Crippen LogP contribution in [0.25, 0.3) is 0 Å². The lowest BCUT2D eigenvalue weighted by Gasteiger charge is -2.28. The molecule has 0 rings (SSSR count). The van der Waals surface area contributed by atoms with Gasteiger partial charge >= 0.3 is 17.9 Å². The number of aliphatic carboxylic acids is 3. The molecular formula is C40H64N12O21. The number of carbonyl (C=O) groups excluding carboxylic acids is 12. The molecule has 0 bridgehead atoms. The number of hydrogen-bond donors (Lipinski definition) is 18. The first-order valence-electron chi connectivity index (χ1n) is 21.9. The average molecular weight is 1050 g/mol. The van der Waals surface area contributed by atoms with Crippen LogP contribution >= 0.6 is 0 Å². The van der Waals surface area contributed by atoms with Gasteiger partial charge < -0.3 is 95.7 Å². The first-order valence-corrected chi connectivity index (χ1v) is 21.9. The minimum absolute atomic E-state index is 0.572. The Labute approximate surface area is 414 Å². The van der Waals surface area contributed by atoms with Crippen LogP contribution in [0.4, 0.5) is 0 Å². The number of nitrogens with two attached hydrogens (primary N) is 3. The van der Waals surface area contributed by atoms with Crippen molar-refractivity contribution in [1.29, 1.82) is 0 Å². The monoisotopic (exact) mass is 1050 g/mol. The Bertz CT molecular complexity index is 2090. The van der Waals surface area contributed by atoms with Crippen molar-refractivity contribution in [2.24, 2.45) is 23.1 Å². The molecule has 0 aliphatic heterocycles. The molecule has 12 amide bonds. The molecule has 0 aromatic carbocycles. The first kappa shape index (κ1) is 64.9. The second kappa shape index (κ2) is 31.3. The summed E-state index contributed by atoms with van der Waals surface area (Å²) in [5.74, 6) is -20.8. The molecule has 0 saturated heterocycles. The van der Waals surface area contributed by atoms with E-state index < -0.39 is 213 Å². The van der Waals surface area contributed by atoms with E-state index in [4.69, 9.17) is 17.2 Å². The molecule has 0 aromatic heterocycles. The Hall–Kier alpha value is -8.07. The molecule has 0 saturated carbocycles. The van der Waals surface area contributed by atoms with Crippen molar-refractivity contribution in [3.63, 3.8) is 0 Å². The summed E-state index contributed by atoms with van der Waals surface area (Å²) in [7, 11) is 0. The third kappa shape index (κ3) is 24.6. The molecule has 0 radical (unpaired) electrons. The molecular weight excluding hydrogens is 985 g/mol. The van der Waals surface area contributed by atoms with Gasteiger partial charge in [-0.25, -0.2) is 0 Å². The van der Waals surface area contributed by atoms with E-state index in [-0.39, 0.29) is 0 Å². The predicted octanol–water partition coefficient (Wildman–Crippen LogP) is -9.78. The molecule has 11 atom stereocenters. The van der Waals surface area contributed by atoms with Crippen LogP contribution in [0.3, 0.4) is 0 Å². The van der Waals surface area contributed by atoms with Crippen molar-refractivity contribution >= 4 is 88.8 Å². The first-order chi connectivity index (χ1) is 33.7. The molecule has 73 heavy (non-hydrogen) atoms. The van der Waals surface area contributed by atoms with Gasteiger partial charge in [0.25, 0.3) is 0 Å². The highest BCUT2D eigenvalue weighted by Gasteiger charge is 2.38. The van der Waals surface area contributed by atoms with Gasteiger partial charge in [-0.3, -0.25) is 71.9 Å². The topological polar surface area (TPSA) is 564 Å². The summed E-state index contributed by atoms with van der Waals surface area (Å²) in [6, 6.07) is -17.3. The number of rotatable bonds is 34. The molecule has 21 N–H and O–H groups in total. The number of primary amides is 3. The lowest BCUT2D eigenvalue weighted by atomic mass is 10.0. The number of carboxylic acid groups (broad SMARTS) is 3. The van der Waals surface area contributed by atoms with E-state index in [9.17, 15) is 103 Å². The summed E-state index contributed by atoms with van der Waals surface area (Å²) in [5.41, 5.74) is 15.7. The van der Waals surface area contributed by atoms with Crippen molar-refractivity contribution in [3.8, 4) is 0 Å². The highest BCUT2D eigenvalue weighted by atomic mass is 16.4. The van der Waals surface area contributed by atoms with Gasteiger partial charge in [0.05, 0.1) is 38.1 Å². The zero-order valence-corrected chi connectivity index (χ0v) is 40.1. The number of aliphatic hydroxyl groups excluding tert-OH is 3. The average Bonchev–Trinajstić information content (AvgIpc) is 3.25. The fourth-order valence-corrected chi connectivity index (χ4v) is 6.18. The van der Waals surface area contributed by atoms with E-state index in [2.05, 4.69) is 21.3 Å². The summed E-state index contributed by atoms with van der Waals surface area (Å²) in [6.45, 7) is 4.81. The van der Waals surface area contributed by atoms with Crippen LogP contribution < -0.4 is 65.1 Å². The third-order valence-electron chi connectivity index (χ3n) is 9.93. The standard InChI is InChI=1S/C40H64N12O21/c1-14(2)29(32(43)65)51-40(73)31(16(4)55)52-37(70)20(10-25(42)58)47-35(68)21(11-27(61)62)48-34(67)19(7-9-26(59)60)45-38(71)23(13-53)50-36(69)22(12-28(63)64)49-33(66)18(6-8-24(41)57)46-39(72)30(15(3)54)44-17(5)56/h14-16,18-23,29-31,53-55H,6-13H2,1-5H3,(H2,41,57)(H2,42,58)(H2,43,65)(H,44,56)(H,45,71)(H,46,72)(H,47,68)(H,48,67)(H,49,66)(H,50,69)(H,51,73)(H,52,70)(H,59,60)(H,61,62)(H,63,64)/t15-,16-,18+,19+,20+,21+,22+,23+,29+,30+,31+/m1/s1. The van der Waals surface area contributed by atoms with Crippen LogP contribution in [-0.4, -0.2) is 193 Å². The van der Waals surface area contributed by atoms with Gasteiger partial charge in [0.2, 0.25) is 70.9 Å². The van der Waals surface area contributed by atoms with E-state index in [1.165, 1.54) is 13.8 Å². The summed E-state index contributed by atoms with van der Waals surface area (Å²) in [4.78, 5) is 189. The van der Waals surface area contributed by atoms with Gasteiger partial charge in [0, 0.05) is 19.8 Å². The third-order valence-corrected chi connectivity index (χ3v) is 9.93. The van der Waals surface area contributed by atoms with Gasteiger partial charge in [-0.15, -0.1) is 0 Å². The maximum Gasteiger partial charge on any atom is 0.305 e. The van der Waals surface area contributed by atoms with E-state index in [0.717, 1.165) is 20.8 Å². The van der Waals surface area contributed by atoms with Gasteiger partial charge in [0.15, 0.2) is 0 Å². The molecule has 0 heterocycles. The lowest BCUT2D eigenvalue weighted by Crippen LogP contribution is -2.62. The maximum atomic E-state index is 13.6. The van der Waals surface area contributed by atoms with E-state index in [1.807, 2.05) is 26.6 Å². The van der Waals surface area contributed by atoms with Crippen LogP contribution in [0, 0.1) is 5.92 Å². The Morgan fingerprint density at radius 1 is 0.397 bits per heavy atom. The highest BCUT2D eigenvalue weighted by Crippen LogP contribution is 2.08.